The van der Waals surface area contributed by atoms with Crippen LogP contribution in [0, 0.1) is 6.92 Å². The quantitative estimate of drug-likeness (QED) is 0.386. The lowest BCUT2D eigenvalue weighted by molar-refractivity contribution is 0.461. The first kappa shape index (κ1) is 20.8. The molecule has 144 valence electrons. The van der Waals surface area contributed by atoms with Crippen molar-refractivity contribution in [1.29, 1.82) is 0 Å². The fourth-order valence-corrected chi connectivity index (χ4v) is 3.34. The number of hydrogen-bond acceptors (Lipinski definition) is 2. The Balaban J connectivity index is 2.06. The first-order valence-corrected chi connectivity index (χ1v) is 9.80. The van der Waals surface area contributed by atoms with E-state index in [4.69, 9.17) is 0 Å². The molecule has 0 aliphatic carbocycles. The molecule has 0 aliphatic heterocycles. The van der Waals surface area contributed by atoms with Crippen molar-refractivity contribution in [2.24, 2.45) is 0 Å². The molecule has 2 aromatic rings. The van der Waals surface area contributed by atoms with Crippen molar-refractivity contribution < 1.29 is 10.2 Å². The zero-order chi connectivity index (χ0) is 19.8. The molecule has 27 heavy (non-hydrogen) atoms. The van der Waals surface area contributed by atoms with Crippen LogP contribution in [0.2, 0.25) is 0 Å². The van der Waals surface area contributed by atoms with Crippen LogP contribution in [0.4, 0.5) is 0 Å². The van der Waals surface area contributed by atoms with Crippen LogP contribution in [0.25, 0.3) is 10.8 Å². The Kier molecular flexibility index (Phi) is 7.72. The largest absolute Gasteiger partial charge is 0.507 e. The van der Waals surface area contributed by atoms with Crippen LogP contribution in [0.5, 0.6) is 11.5 Å². The van der Waals surface area contributed by atoms with Crippen LogP contribution in [0.15, 0.2) is 59.7 Å². The fraction of sp³-hybridized carbons (Fsp3) is 0.360. The second kappa shape index (κ2) is 10.0. The summed E-state index contributed by atoms with van der Waals surface area (Å²) in [5, 5.41) is 22.6. The number of phenols is 2. The van der Waals surface area contributed by atoms with Gasteiger partial charge in [0.25, 0.3) is 0 Å². The van der Waals surface area contributed by atoms with E-state index >= 15 is 0 Å². The van der Waals surface area contributed by atoms with Gasteiger partial charge in [-0.3, -0.25) is 0 Å². The lowest BCUT2D eigenvalue weighted by atomic mass is 9.95. The summed E-state index contributed by atoms with van der Waals surface area (Å²) in [6.45, 7) is 8.26. The van der Waals surface area contributed by atoms with Crippen molar-refractivity contribution in [1.82, 2.24) is 0 Å². The molecule has 2 heteroatoms. The Hall–Kier alpha value is -2.48. The van der Waals surface area contributed by atoms with Crippen molar-refractivity contribution in [3.63, 3.8) is 0 Å². The highest BCUT2D eigenvalue weighted by Gasteiger charge is 2.14. The highest BCUT2D eigenvalue weighted by Crippen LogP contribution is 2.39. The summed E-state index contributed by atoms with van der Waals surface area (Å²) in [4.78, 5) is 0. The average molecular weight is 365 g/mol. The van der Waals surface area contributed by atoms with E-state index in [-0.39, 0.29) is 11.5 Å². The van der Waals surface area contributed by atoms with Gasteiger partial charge in [0.1, 0.15) is 11.5 Å². The zero-order valence-electron chi connectivity index (χ0n) is 17.0. The number of allylic oxidation sites excluding steroid dienone is 6. The molecule has 0 spiro atoms. The van der Waals surface area contributed by atoms with Gasteiger partial charge in [-0.25, -0.2) is 0 Å². The standard InChI is InChI=1S/C25H32O2/c1-5-6-7-11-18(2)12-10-13-19(3)16-17-21-20(4)24(26)22-14-8-9-15-23(22)25(21)27/h5-6,8-9,12,14-16,26-27H,7,10-11,13,17H2,1-4H3/b6-5+,18-12+,19-16+. The maximum atomic E-state index is 10.7. The Labute approximate surface area is 163 Å². The molecular formula is C25H32O2. The fourth-order valence-electron chi connectivity index (χ4n) is 3.34. The topological polar surface area (TPSA) is 40.5 Å². The van der Waals surface area contributed by atoms with E-state index in [1.165, 1.54) is 11.1 Å². The number of fused-ring (bicyclic) bond motifs is 1. The van der Waals surface area contributed by atoms with Crippen LogP contribution in [0.1, 0.15) is 57.6 Å². The van der Waals surface area contributed by atoms with Crippen molar-refractivity contribution in [2.75, 3.05) is 0 Å². The normalized spacial score (nSPS) is 13.0. The van der Waals surface area contributed by atoms with Gasteiger partial charge >= 0.3 is 0 Å². The van der Waals surface area contributed by atoms with Crippen molar-refractivity contribution in [2.45, 2.75) is 59.8 Å². The predicted molar refractivity (Wildman–Crippen MR) is 117 cm³/mol. The van der Waals surface area contributed by atoms with E-state index in [0.717, 1.165) is 36.8 Å². The third-order valence-electron chi connectivity index (χ3n) is 5.16. The van der Waals surface area contributed by atoms with Gasteiger partial charge in [-0.1, -0.05) is 59.7 Å². The number of benzene rings is 2. The van der Waals surface area contributed by atoms with Crippen molar-refractivity contribution in [3.05, 3.63) is 70.8 Å². The molecule has 0 saturated carbocycles. The number of phenolic OH excluding ortho intramolecular Hbond substituents is 2. The summed E-state index contributed by atoms with van der Waals surface area (Å²) in [6.07, 6.45) is 13.7. The highest BCUT2D eigenvalue weighted by atomic mass is 16.3. The Morgan fingerprint density at radius 3 is 2.15 bits per heavy atom. The molecule has 0 bridgehead atoms. The molecular weight excluding hydrogens is 332 g/mol. The molecule has 0 saturated heterocycles. The van der Waals surface area contributed by atoms with Crippen LogP contribution in [0.3, 0.4) is 0 Å². The Morgan fingerprint density at radius 2 is 1.48 bits per heavy atom. The lowest BCUT2D eigenvalue weighted by Gasteiger charge is -2.13. The SMILES string of the molecule is C/C=C/CC/C(C)=C/CC/C(C)=C/Cc1c(C)c(O)c2ccccc2c1O. The molecule has 2 rings (SSSR count). The molecule has 2 nitrogen and oxygen atoms in total. The summed E-state index contributed by atoms with van der Waals surface area (Å²) in [5.74, 6) is 0.550. The molecule has 0 amide bonds. The van der Waals surface area contributed by atoms with Gasteiger partial charge in [-0.05, 0) is 65.4 Å². The molecule has 2 aromatic carbocycles. The summed E-state index contributed by atoms with van der Waals surface area (Å²) in [5.41, 5.74) is 4.31. The predicted octanol–water partition coefficient (Wildman–Crippen LogP) is 7.13. The van der Waals surface area contributed by atoms with E-state index in [1.54, 1.807) is 0 Å². The monoisotopic (exact) mass is 364 g/mol. The summed E-state index contributed by atoms with van der Waals surface area (Å²) >= 11 is 0. The van der Waals surface area contributed by atoms with Crippen molar-refractivity contribution in [3.8, 4) is 11.5 Å². The average Bonchev–Trinajstić information content (AvgIpc) is 2.66. The third-order valence-corrected chi connectivity index (χ3v) is 5.16. The first-order chi connectivity index (χ1) is 13.0. The minimum Gasteiger partial charge on any atom is -0.507 e. The van der Waals surface area contributed by atoms with Crippen LogP contribution >= 0.6 is 0 Å². The maximum Gasteiger partial charge on any atom is 0.127 e. The van der Waals surface area contributed by atoms with E-state index < -0.39 is 0 Å². The molecule has 0 radical (unpaired) electrons. The van der Waals surface area contributed by atoms with Crippen LogP contribution in [-0.2, 0) is 6.42 Å². The van der Waals surface area contributed by atoms with Crippen LogP contribution in [-0.4, -0.2) is 10.2 Å². The molecule has 0 fully saturated rings. The van der Waals surface area contributed by atoms with Gasteiger partial charge < -0.3 is 10.2 Å². The third kappa shape index (κ3) is 5.50. The minimum atomic E-state index is 0.268. The molecule has 0 unspecified atom stereocenters. The van der Waals surface area contributed by atoms with Gasteiger partial charge in [-0.2, -0.15) is 0 Å². The van der Waals surface area contributed by atoms with Crippen LogP contribution < -0.4 is 0 Å². The zero-order valence-corrected chi connectivity index (χ0v) is 17.0. The molecule has 0 aromatic heterocycles. The summed E-state index contributed by atoms with van der Waals surface area (Å²) in [7, 11) is 0. The van der Waals surface area contributed by atoms with E-state index in [0.29, 0.717) is 17.2 Å². The van der Waals surface area contributed by atoms with E-state index in [1.807, 2.05) is 31.2 Å². The second-order valence-corrected chi connectivity index (χ2v) is 7.30. The minimum absolute atomic E-state index is 0.268. The smallest absolute Gasteiger partial charge is 0.127 e. The van der Waals surface area contributed by atoms with E-state index in [9.17, 15) is 10.2 Å². The summed E-state index contributed by atoms with van der Waals surface area (Å²) < 4.78 is 0. The second-order valence-electron chi connectivity index (χ2n) is 7.30. The Morgan fingerprint density at radius 1 is 0.889 bits per heavy atom. The van der Waals surface area contributed by atoms with Gasteiger partial charge in [-0.15, -0.1) is 0 Å². The molecule has 0 heterocycles. The van der Waals surface area contributed by atoms with Gasteiger partial charge in [0, 0.05) is 16.3 Å². The maximum absolute atomic E-state index is 10.7. The van der Waals surface area contributed by atoms with Gasteiger partial charge in [0.2, 0.25) is 0 Å². The Bertz CT molecular complexity index is 870. The van der Waals surface area contributed by atoms with Gasteiger partial charge in [0.05, 0.1) is 0 Å². The number of rotatable bonds is 8. The number of aromatic hydroxyl groups is 2. The van der Waals surface area contributed by atoms with Crippen molar-refractivity contribution >= 4 is 10.8 Å². The van der Waals surface area contributed by atoms with E-state index in [2.05, 4.69) is 45.1 Å². The lowest BCUT2D eigenvalue weighted by Crippen LogP contribution is -1.92. The molecule has 0 atom stereocenters. The molecule has 2 N–H and O–H groups in total. The number of hydrogen-bond donors (Lipinski definition) is 2. The highest BCUT2D eigenvalue weighted by molar-refractivity contribution is 5.95. The molecule has 0 aliphatic rings. The van der Waals surface area contributed by atoms with Gasteiger partial charge in [0.15, 0.2) is 0 Å². The summed E-state index contributed by atoms with van der Waals surface area (Å²) in [6, 6.07) is 7.45. The first-order valence-electron chi connectivity index (χ1n) is 9.80.